The van der Waals surface area contributed by atoms with Gasteiger partial charge in [0.05, 0.1) is 12.7 Å². The van der Waals surface area contributed by atoms with E-state index in [9.17, 15) is 9.18 Å². The van der Waals surface area contributed by atoms with Crippen molar-refractivity contribution in [2.75, 3.05) is 6.54 Å². The number of aromatic nitrogens is 5. The number of hydrogen-bond acceptors (Lipinski definition) is 4. The lowest BCUT2D eigenvalue weighted by atomic mass is 10.0. The summed E-state index contributed by atoms with van der Waals surface area (Å²) in [5, 5.41) is 4.89. The summed E-state index contributed by atoms with van der Waals surface area (Å²) in [6, 6.07) is 2.71. The van der Waals surface area contributed by atoms with E-state index < -0.39 is 5.82 Å². The Bertz CT molecular complexity index is 1100. The van der Waals surface area contributed by atoms with Gasteiger partial charge < -0.3 is 9.47 Å². The van der Waals surface area contributed by atoms with Crippen molar-refractivity contribution in [2.24, 2.45) is 5.92 Å². The maximum Gasteiger partial charge on any atom is 0.272 e. The van der Waals surface area contributed by atoms with Crippen molar-refractivity contribution in [3.05, 3.63) is 53.0 Å². The summed E-state index contributed by atoms with van der Waals surface area (Å²) in [6.07, 6.45) is 6.26. The normalized spacial score (nSPS) is 16.0. The molecule has 0 saturated heterocycles. The monoisotopic (exact) mass is 408 g/mol. The van der Waals surface area contributed by atoms with Gasteiger partial charge in [-0.3, -0.25) is 9.48 Å². The van der Waals surface area contributed by atoms with E-state index in [1.165, 1.54) is 30.7 Å². The van der Waals surface area contributed by atoms with Crippen molar-refractivity contribution in [1.82, 2.24) is 29.2 Å². The van der Waals surface area contributed by atoms with Crippen molar-refractivity contribution in [2.45, 2.75) is 52.7 Å². The molecule has 0 bridgehead atoms. The summed E-state index contributed by atoms with van der Waals surface area (Å²) in [4.78, 5) is 23.4. The molecule has 0 atom stereocenters. The summed E-state index contributed by atoms with van der Waals surface area (Å²) in [5.41, 5.74) is 4.49. The van der Waals surface area contributed by atoms with Gasteiger partial charge in [0.1, 0.15) is 17.2 Å². The molecule has 1 aliphatic carbocycles. The van der Waals surface area contributed by atoms with E-state index in [0.717, 1.165) is 54.4 Å². The second-order valence-corrected chi connectivity index (χ2v) is 8.21. The Labute approximate surface area is 174 Å². The number of aryl methyl sites for hydroxylation is 2. The minimum absolute atomic E-state index is 0.187. The molecule has 7 nitrogen and oxygen atoms in total. The molecule has 4 heterocycles. The van der Waals surface area contributed by atoms with Crippen LogP contribution in [-0.4, -0.2) is 41.7 Å². The Hall–Kier alpha value is -3.03. The number of rotatable bonds is 5. The molecule has 0 aromatic carbocycles. The second-order valence-electron chi connectivity index (χ2n) is 8.21. The Morgan fingerprint density at radius 1 is 1.23 bits per heavy atom. The molecule has 156 valence electrons. The third kappa shape index (κ3) is 3.30. The minimum Gasteiger partial charge on any atom is -0.332 e. The van der Waals surface area contributed by atoms with Gasteiger partial charge >= 0.3 is 0 Å². The molecule has 1 fully saturated rings. The molecule has 0 radical (unpaired) electrons. The van der Waals surface area contributed by atoms with Crippen LogP contribution in [0.5, 0.6) is 0 Å². The van der Waals surface area contributed by atoms with Crippen LogP contribution in [0.3, 0.4) is 0 Å². The van der Waals surface area contributed by atoms with Gasteiger partial charge in [0, 0.05) is 49.2 Å². The zero-order chi connectivity index (χ0) is 20.8. The van der Waals surface area contributed by atoms with Crippen LogP contribution in [0.25, 0.3) is 11.5 Å². The summed E-state index contributed by atoms with van der Waals surface area (Å²) in [7, 11) is 0. The Morgan fingerprint density at radius 2 is 2.07 bits per heavy atom. The first-order chi connectivity index (χ1) is 14.5. The number of pyridine rings is 1. The number of nitrogens with zero attached hydrogens (tertiary/aromatic N) is 6. The standard InChI is InChI=1S/C22H25FN6O/c1-3-29-19-8-9-27(22(30)18-7-6-16(23)11-24-18)13-17(19)20(26-29)21-25-10-14(2)28(21)12-15-4-5-15/h6-7,10-11,15H,3-5,8-9,12-13H2,1-2H3. The highest BCUT2D eigenvalue weighted by Crippen LogP contribution is 2.35. The predicted octanol–water partition coefficient (Wildman–Crippen LogP) is 3.22. The van der Waals surface area contributed by atoms with E-state index in [1.807, 2.05) is 10.9 Å². The number of fused-ring (bicyclic) bond motifs is 1. The molecule has 0 unspecified atom stereocenters. The molecule has 3 aromatic heterocycles. The Kier molecular flexibility index (Phi) is 4.64. The van der Waals surface area contributed by atoms with Gasteiger partial charge in [0.2, 0.25) is 0 Å². The molecule has 2 aliphatic rings. The molecule has 0 N–H and O–H groups in total. The highest BCUT2D eigenvalue weighted by molar-refractivity contribution is 5.92. The van der Waals surface area contributed by atoms with E-state index in [0.29, 0.717) is 13.1 Å². The molecule has 1 aliphatic heterocycles. The highest BCUT2D eigenvalue weighted by Gasteiger charge is 2.31. The number of carbonyl (C=O) groups excluding carboxylic acids is 1. The van der Waals surface area contributed by atoms with Crippen molar-refractivity contribution in [3.63, 3.8) is 0 Å². The van der Waals surface area contributed by atoms with E-state index in [2.05, 4.69) is 28.4 Å². The summed E-state index contributed by atoms with van der Waals surface area (Å²) < 4.78 is 17.5. The molecular weight excluding hydrogens is 383 g/mol. The fourth-order valence-electron chi connectivity index (χ4n) is 4.21. The first kappa shape index (κ1) is 19.0. The number of halogens is 1. The Balaban J connectivity index is 1.50. The fraction of sp³-hybridized carbons (Fsp3) is 0.455. The third-order valence-electron chi connectivity index (χ3n) is 6.07. The van der Waals surface area contributed by atoms with Gasteiger partial charge in [-0.25, -0.2) is 14.4 Å². The van der Waals surface area contributed by atoms with E-state index in [4.69, 9.17) is 5.10 Å². The average molecular weight is 408 g/mol. The van der Waals surface area contributed by atoms with Gasteiger partial charge in [-0.1, -0.05) is 0 Å². The van der Waals surface area contributed by atoms with Gasteiger partial charge in [-0.2, -0.15) is 5.10 Å². The second kappa shape index (κ2) is 7.34. The molecule has 30 heavy (non-hydrogen) atoms. The maximum atomic E-state index is 13.2. The van der Waals surface area contributed by atoms with Crippen molar-refractivity contribution >= 4 is 5.91 Å². The first-order valence-electron chi connectivity index (χ1n) is 10.6. The zero-order valence-corrected chi connectivity index (χ0v) is 17.3. The summed E-state index contributed by atoms with van der Waals surface area (Å²) in [6.45, 7) is 6.95. The average Bonchev–Trinajstić information content (AvgIpc) is 3.41. The van der Waals surface area contributed by atoms with Gasteiger partial charge in [0.15, 0.2) is 5.82 Å². The van der Waals surface area contributed by atoms with Gasteiger partial charge in [-0.05, 0) is 44.7 Å². The van der Waals surface area contributed by atoms with Crippen LogP contribution >= 0.6 is 0 Å². The SMILES string of the molecule is CCn1nc(-c2ncc(C)n2CC2CC2)c2c1CCN(C(=O)c1ccc(F)cn1)C2. The quantitative estimate of drug-likeness (QED) is 0.650. The molecular formula is C22H25FN6O. The fourth-order valence-corrected chi connectivity index (χ4v) is 4.21. The molecule has 5 rings (SSSR count). The molecule has 1 amide bonds. The summed E-state index contributed by atoms with van der Waals surface area (Å²) >= 11 is 0. The number of imidazole rings is 1. The molecule has 1 saturated carbocycles. The lowest BCUT2D eigenvalue weighted by Crippen LogP contribution is -2.37. The van der Waals surface area contributed by atoms with Crippen molar-refractivity contribution < 1.29 is 9.18 Å². The van der Waals surface area contributed by atoms with E-state index >= 15 is 0 Å². The van der Waals surface area contributed by atoms with Crippen molar-refractivity contribution in [3.8, 4) is 11.5 Å². The van der Waals surface area contributed by atoms with E-state index in [1.54, 1.807) is 4.90 Å². The molecule has 8 heteroatoms. The molecule has 0 spiro atoms. The van der Waals surface area contributed by atoms with Crippen LogP contribution in [0.2, 0.25) is 0 Å². The minimum atomic E-state index is -0.447. The topological polar surface area (TPSA) is 68.8 Å². The van der Waals surface area contributed by atoms with Crippen LogP contribution in [0.1, 0.15) is 47.2 Å². The number of amides is 1. The van der Waals surface area contributed by atoms with Crippen LogP contribution in [0.15, 0.2) is 24.5 Å². The van der Waals surface area contributed by atoms with Crippen LogP contribution in [-0.2, 0) is 26.1 Å². The first-order valence-corrected chi connectivity index (χ1v) is 10.6. The largest absolute Gasteiger partial charge is 0.332 e. The van der Waals surface area contributed by atoms with Gasteiger partial charge in [0.25, 0.3) is 5.91 Å². The van der Waals surface area contributed by atoms with Gasteiger partial charge in [-0.15, -0.1) is 0 Å². The highest BCUT2D eigenvalue weighted by atomic mass is 19.1. The van der Waals surface area contributed by atoms with Crippen LogP contribution in [0.4, 0.5) is 4.39 Å². The lowest BCUT2D eigenvalue weighted by Gasteiger charge is -2.27. The number of hydrogen-bond donors (Lipinski definition) is 0. The lowest BCUT2D eigenvalue weighted by molar-refractivity contribution is 0.0727. The Morgan fingerprint density at radius 3 is 2.77 bits per heavy atom. The van der Waals surface area contributed by atoms with Crippen LogP contribution < -0.4 is 0 Å². The third-order valence-corrected chi connectivity index (χ3v) is 6.07. The van der Waals surface area contributed by atoms with Crippen molar-refractivity contribution in [1.29, 1.82) is 0 Å². The smallest absolute Gasteiger partial charge is 0.272 e. The maximum absolute atomic E-state index is 13.2. The number of carbonyl (C=O) groups is 1. The molecule has 3 aromatic rings. The summed E-state index contributed by atoms with van der Waals surface area (Å²) in [5.74, 6) is 0.977. The predicted molar refractivity (Wildman–Crippen MR) is 109 cm³/mol. The zero-order valence-electron chi connectivity index (χ0n) is 17.3. The van der Waals surface area contributed by atoms with Crippen LogP contribution in [0, 0.1) is 18.7 Å². The van der Waals surface area contributed by atoms with E-state index in [-0.39, 0.29) is 11.6 Å².